The molecule has 26 heavy (non-hydrogen) atoms. The largest absolute Gasteiger partial charge is 0.301 e. The molecule has 0 radical (unpaired) electrons. The zero-order chi connectivity index (χ0) is 17.9. The van der Waals surface area contributed by atoms with Crippen LogP contribution in [0.25, 0.3) is 0 Å². The Labute approximate surface area is 161 Å². The highest BCUT2D eigenvalue weighted by molar-refractivity contribution is 14.1. The minimum Gasteiger partial charge on any atom is -0.272 e. The number of nitrogens with one attached hydrogen (secondary N) is 1. The number of halogens is 1. The summed E-state index contributed by atoms with van der Waals surface area (Å²) in [5.41, 5.74) is 3.72. The van der Waals surface area contributed by atoms with E-state index < -0.39 is 9.85 Å². The maximum Gasteiger partial charge on any atom is 0.301 e. The van der Waals surface area contributed by atoms with Crippen molar-refractivity contribution in [2.75, 3.05) is 5.43 Å². The third kappa shape index (κ3) is 1.55. The molecule has 9 atom stereocenters. The minimum atomic E-state index is -0.626. The molecule has 0 spiro atoms. The van der Waals surface area contributed by atoms with E-state index in [2.05, 4.69) is 33.1 Å². The summed E-state index contributed by atoms with van der Waals surface area (Å²) in [6, 6.07) is 3.65. The van der Waals surface area contributed by atoms with Gasteiger partial charge in [0.1, 0.15) is 5.69 Å². The first-order chi connectivity index (χ1) is 12.5. The molecule has 6 aliphatic carbocycles. The molecule has 0 aromatic heterocycles. The van der Waals surface area contributed by atoms with Crippen molar-refractivity contribution in [2.24, 2.45) is 52.4 Å². The van der Waals surface area contributed by atoms with Crippen molar-refractivity contribution < 1.29 is 9.85 Å². The van der Waals surface area contributed by atoms with Gasteiger partial charge >= 0.3 is 5.69 Å². The van der Waals surface area contributed by atoms with Gasteiger partial charge in [0.05, 0.1) is 15.9 Å². The maximum absolute atomic E-state index is 11.3. The number of nitro benzene ring substituents is 2. The molecule has 8 nitrogen and oxygen atoms in total. The highest BCUT2D eigenvalue weighted by Gasteiger charge is 2.82. The number of hydrogen-bond acceptors (Lipinski definition) is 6. The van der Waals surface area contributed by atoms with E-state index in [1.165, 1.54) is 24.3 Å². The van der Waals surface area contributed by atoms with E-state index in [-0.39, 0.29) is 17.1 Å². The Balaban J connectivity index is 1.35. The fraction of sp³-hybridized carbons (Fsp3) is 0.588. The Morgan fingerprint density at radius 2 is 1.81 bits per heavy atom. The molecule has 1 N–H and O–H groups in total. The molecule has 9 heteroatoms. The monoisotopic (exact) mass is 466 g/mol. The Morgan fingerprint density at radius 3 is 2.50 bits per heavy atom. The van der Waals surface area contributed by atoms with Gasteiger partial charge in [-0.2, -0.15) is 5.10 Å². The van der Waals surface area contributed by atoms with Gasteiger partial charge in [-0.05, 0) is 48.0 Å². The van der Waals surface area contributed by atoms with E-state index in [0.717, 1.165) is 45.5 Å². The van der Waals surface area contributed by atoms with Gasteiger partial charge in [-0.15, -0.1) is 0 Å². The SMILES string of the molecule is O=[N+]([O-])c1ccc(N/N=C2\[C@H]3[C@@H]4C[C@H]5[C@H]3[C@@H]3[C@H](I)[C@@H]5[C@@H]4[C@@H]23)c([N+](=O)[O-])c1. The van der Waals surface area contributed by atoms with Gasteiger partial charge in [0.25, 0.3) is 5.69 Å². The third-order valence-corrected chi connectivity index (χ3v) is 9.40. The van der Waals surface area contributed by atoms with E-state index in [4.69, 9.17) is 0 Å². The van der Waals surface area contributed by atoms with Crippen molar-refractivity contribution in [3.05, 3.63) is 38.4 Å². The van der Waals surface area contributed by atoms with Crippen LogP contribution < -0.4 is 5.43 Å². The van der Waals surface area contributed by atoms with Crippen LogP contribution in [0.4, 0.5) is 17.1 Å². The molecule has 134 valence electrons. The summed E-state index contributed by atoms with van der Waals surface area (Å²) in [5.74, 6) is 5.89. The smallest absolute Gasteiger partial charge is 0.272 e. The quantitative estimate of drug-likeness (QED) is 0.316. The Hall–Kier alpha value is -1.78. The van der Waals surface area contributed by atoms with E-state index >= 15 is 0 Å². The lowest BCUT2D eigenvalue weighted by Crippen LogP contribution is -2.30. The zero-order valence-corrected chi connectivity index (χ0v) is 15.6. The summed E-state index contributed by atoms with van der Waals surface area (Å²) < 4.78 is 0.758. The zero-order valence-electron chi connectivity index (χ0n) is 13.5. The highest BCUT2D eigenvalue weighted by atomic mass is 127. The summed E-state index contributed by atoms with van der Waals surface area (Å²) in [5, 5.41) is 26.8. The van der Waals surface area contributed by atoms with Gasteiger partial charge in [-0.3, -0.25) is 25.7 Å². The molecule has 6 saturated carbocycles. The van der Waals surface area contributed by atoms with Crippen molar-refractivity contribution in [1.82, 2.24) is 0 Å². The standard InChI is InChI=1S/C17H15IN4O4/c18-16-12-6-4-7-10(12)15-14(16)11(6)13(7)17(15)20-19-8-2-1-5(21(23)24)3-9(8)22(25)26/h1-3,6-7,10-16,19H,4H2/b20-17+/t6-,7+,10+,11+,12-,13-,14-,15+,16+/m0/s1. The summed E-state index contributed by atoms with van der Waals surface area (Å²) in [7, 11) is 0. The first-order valence-corrected chi connectivity index (χ1v) is 10.1. The average Bonchev–Trinajstić information content (AvgIpc) is 3.35. The van der Waals surface area contributed by atoms with Crippen LogP contribution in [0, 0.1) is 67.6 Å². The number of benzene rings is 1. The van der Waals surface area contributed by atoms with Crippen molar-refractivity contribution in [3.8, 4) is 0 Å². The topological polar surface area (TPSA) is 111 Å². The lowest BCUT2D eigenvalue weighted by molar-refractivity contribution is -0.393. The molecule has 0 saturated heterocycles. The van der Waals surface area contributed by atoms with E-state index in [0.29, 0.717) is 11.8 Å². The van der Waals surface area contributed by atoms with Crippen LogP contribution in [0.3, 0.4) is 0 Å². The number of nitro groups is 2. The molecule has 0 amide bonds. The maximum atomic E-state index is 11.3. The third-order valence-electron chi connectivity index (χ3n) is 7.73. The van der Waals surface area contributed by atoms with Gasteiger partial charge in [0, 0.05) is 27.5 Å². The normalized spacial score (nSPS) is 46.8. The summed E-state index contributed by atoms with van der Waals surface area (Å²) in [4.78, 5) is 20.9. The van der Waals surface area contributed by atoms with Gasteiger partial charge in [-0.25, -0.2) is 0 Å². The Morgan fingerprint density at radius 1 is 1.04 bits per heavy atom. The van der Waals surface area contributed by atoms with Crippen LogP contribution in [-0.2, 0) is 0 Å². The fourth-order valence-corrected chi connectivity index (χ4v) is 9.32. The number of rotatable bonds is 4. The highest BCUT2D eigenvalue weighted by Crippen LogP contribution is 2.82. The lowest BCUT2D eigenvalue weighted by Gasteiger charge is -2.32. The van der Waals surface area contributed by atoms with Gasteiger partial charge in [0.2, 0.25) is 0 Å². The number of anilines is 1. The number of nitrogens with zero attached hydrogens (tertiary/aromatic N) is 3. The van der Waals surface area contributed by atoms with Crippen molar-refractivity contribution in [3.63, 3.8) is 0 Å². The molecule has 0 heterocycles. The predicted molar refractivity (Wildman–Crippen MR) is 101 cm³/mol. The van der Waals surface area contributed by atoms with Crippen LogP contribution in [0.2, 0.25) is 0 Å². The fourth-order valence-electron chi connectivity index (χ4n) is 7.38. The number of alkyl halides is 1. The first-order valence-electron chi connectivity index (χ1n) is 8.89. The summed E-state index contributed by atoms with van der Waals surface area (Å²) >= 11 is 2.65. The molecule has 0 aliphatic heterocycles. The van der Waals surface area contributed by atoms with Crippen LogP contribution in [-0.4, -0.2) is 19.5 Å². The lowest BCUT2D eigenvalue weighted by atomic mass is 9.71. The van der Waals surface area contributed by atoms with Gasteiger partial charge in [0.15, 0.2) is 0 Å². The molecular formula is C17H15IN4O4. The van der Waals surface area contributed by atoms with Crippen LogP contribution >= 0.6 is 22.6 Å². The molecular weight excluding hydrogens is 451 g/mol. The predicted octanol–water partition coefficient (Wildman–Crippen LogP) is 3.46. The van der Waals surface area contributed by atoms with E-state index in [1.807, 2.05) is 0 Å². The Bertz CT molecular complexity index is 918. The Kier molecular flexibility index (Phi) is 2.78. The molecule has 6 aliphatic rings. The number of hydrogen-bond donors (Lipinski definition) is 1. The van der Waals surface area contributed by atoms with Crippen LogP contribution in [0.5, 0.6) is 0 Å². The first kappa shape index (κ1) is 15.3. The van der Waals surface area contributed by atoms with Crippen LogP contribution in [0.1, 0.15) is 6.42 Å². The average molecular weight is 466 g/mol. The number of hydrazone groups is 1. The van der Waals surface area contributed by atoms with E-state index in [1.54, 1.807) is 0 Å². The van der Waals surface area contributed by atoms with Crippen molar-refractivity contribution >= 4 is 45.4 Å². The molecule has 6 fully saturated rings. The molecule has 0 unspecified atom stereocenters. The van der Waals surface area contributed by atoms with Gasteiger partial charge in [-0.1, -0.05) is 22.6 Å². The van der Waals surface area contributed by atoms with Gasteiger partial charge < -0.3 is 0 Å². The minimum absolute atomic E-state index is 0.220. The second-order valence-corrected chi connectivity index (χ2v) is 9.67. The summed E-state index contributed by atoms with van der Waals surface area (Å²) in [6.45, 7) is 0. The van der Waals surface area contributed by atoms with E-state index in [9.17, 15) is 20.2 Å². The molecule has 1 aromatic rings. The van der Waals surface area contributed by atoms with Crippen molar-refractivity contribution in [2.45, 2.75) is 10.3 Å². The second kappa shape index (κ2) is 4.73. The molecule has 6 bridgehead atoms. The van der Waals surface area contributed by atoms with Crippen molar-refractivity contribution in [1.29, 1.82) is 0 Å². The molecule has 7 rings (SSSR count). The molecule has 1 aromatic carbocycles. The van der Waals surface area contributed by atoms with Crippen LogP contribution in [0.15, 0.2) is 23.3 Å². The summed E-state index contributed by atoms with van der Waals surface area (Å²) in [6.07, 6.45) is 1.34. The second-order valence-electron chi connectivity index (χ2n) is 8.23. The number of non-ortho nitro benzene ring substituents is 1.